The Kier molecular flexibility index (Phi) is 3.64. The molecule has 1 N–H and O–H groups in total. The van der Waals surface area contributed by atoms with Crippen LogP contribution in [0.15, 0.2) is 11.8 Å². The Morgan fingerprint density at radius 1 is 1.58 bits per heavy atom. The minimum atomic E-state index is -0.0412. The molecule has 0 radical (unpaired) electrons. The van der Waals surface area contributed by atoms with Crippen LogP contribution in [0.1, 0.15) is 26.2 Å². The molecule has 0 unspecified atom stereocenters. The number of amides is 1. The van der Waals surface area contributed by atoms with E-state index in [9.17, 15) is 4.79 Å². The lowest BCUT2D eigenvalue weighted by atomic mass is 10.3. The number of hydrogen-bond acceptors (Lipinski definition) is 2. The van der Waals surface area contributed by atoms with Crippen molar-refractivity contribution >= 4 is 5.91 Å². The fourth-order valence-electron chi connectivity index (χ4n) is 1.07. The first-order valence-corrected chi connectivity index (χ1v) is 4.44. The van der Waals surface area contributed by atoms with Crippen molar-refractivity contribution in [3.8, 4) is 0 Å². The van der Waals surface area contributed by atoms with Gasteiger partial charge < -0.3 is 10.1 Å². The number of nitrogens with one attached hydrogen (secondary N) is 1. The van der Waals surface area contributed by atoms with Crippen molar-refractivity contribution < 1.29 is 9.53 Å². The summed E-state index contributed by atoms with van der Waals surface area (Å²) in [4.78, 5) is 10.7. The number of rotatable bonds is 5. The molecule has 0 aromatic rings. The Morgan fingerprint density at radius 3 is 3.00 bits per heavy atom. The Balaban J connectivity index is 2.07. The van der Waals surface area contributed by atoms with Crippen LogP contribution in [0.2, 0.25) is 0 Å². The fraction of sp³-hybridized carbons (Fsp3) is 0.667. The molecule has 3 nitrogen and oxygen atoms in total. The first kappa shape index (κ1) is 9.10. The molecule has 3 heteroatoms. The van der Waals surface area contributed by atoms with E-state index in [4.69, 9.17) is 4.74 Å². The summed E-state index contributed by atoms with van der Waals surface area (Å²) in [7, 11) is 0. The van der Waals surface area contributed by atoms with Gasteiger partial charge in [0, 0.05) is 6.08 Å². The van der Waals surface area contributed by atoms with E-state index in [1.165, 1.54) is 18.9 Å². The van der Waals surface area contributed by atoms with Crippen molar-refractivity contribution in [3.05, 3.63) is 11.8 Å². The van der Waals surface area contributed by atoms with Gasteiger partial charge in [-0.05, 0) is 6.42 Å². The normalized spacial score (nSPS) is 15.8. The van der Waals surface area contributed by atoms with Crippen LogP contribution in [0.5, 0.6) is 0 Å². The zero-order chi connectivity index (χ0) is 8.81. The summed E-state index contributed by atoms with van der Waals surface area (Å²) in [6, 6.07) is 0. The highest BCUT2D eigenvalue weighted by atomic mass is 16.5. The number of ether oxygens (including phenoxy) is 1. The molecule has 1 amide bonds. The number of carbonyl (C=O) groups excluding carboxylic acids is 1. The minimum Gasteiger partial charge on any atom is -0.496 e. The van der Waals surface area contributed by atoms with Crippen LogP contribution < -0.4 is 5.32 Å². The zero-order valence-electron chi connectivity index (χ0n) is 7.43. The van der Waals surface area contributed by atoms with Gasteiger partial charge in [-0.25, -0.2) is 0 Å². The summed E-state index contributed by atoms with van der Waals surface area (Å²) in [6.07, 6.45) is 4.97. The molecule has 0 aliphatic carbocycles. The SMILES string of the molecule is CCCCCOC1=CC(=O)NC1. The van der Waals surface area contributed by atoms with Crippen LogP contribution >= 0.6 is 0 Å². The molecule has 12 heavy (non-hydrogen) atoms. The second-order valence-electron chi connectivity index (χ2n) is 2.88. The molecule has 68 valence electrons. The average Bonchev–Trinajstić information content (AvgIpc) is 2.45. The molecule has 0 spiro atoms. The minimum absolute atomic E-state index is 0.0412. The second kappa shape index (κ2) is 4.80. The number of carbonyl (C=O) groups is 1. The largest absolute Gasteiger partial charge is 0.496 e. The first-order chi connectivity index (χ1) is 5.83. The molecule has 0 saturated carbocycles. The van der Waals surface area contributed by atoms with Gasteiger partial charge in [0.1, 0.15) is 5.76 Å². The van der Waals surface area contributed by atoms with E-state index in [2.05, 4.69) is 12.2 Å². The fourth-order valence-corrected chi connectivity index (χ4v) is 1.07. The molecule has 0 aromatic carbocycles. The Bertz CT molecular complexity index is 187. The molecule has 0 aromatic heterocycles. The van der Waals surface area contributed by atoms with Gasteiger partial charge in [0.05, 0.1) is 13.2 Å². The first-order valence-electron chi connectivity index (χ1n) is 4.44. The average molecular weight is 169 g/mol. The molecule has 1 rings (SSSR count). The molecule has 0 bridgehead atoms. The number of hydrogen-bond donors (Lipinski definition) is 1. The maximum atomic E-state index is 10.7. The highest BCUT2D eigenvalue weighted by molar-refractivity contribution is 5.90. The zero-order valence-corrected chi connectivity index (χ0v) is 7.43. The smallest absolute Gasteiger partial charge is 0.247 e. The molecule has 0 atom stereocenters. The third-order valence-electron chi connectivity index (χ3n) is 1.76. The van der Waals surface area contributed by atoms with Crippen molar-refractivity contribution in [1.29, 1.82) is 0 Å². The Morgan fingerprint density at radius 2 is 2.42 bits per heavy atom. The van der Waals surface area contributed by atoms with Crippen molar-refractivity contribution in [2.24, 2.45) is 0 Å². The maximum absolute atomic E-state index is 10.7. The van der Waals surface area contributed by atoms with E-state index in [-0.39, 0.29) is 5.91 Å². The van der Waals surface area contributed by atoms with Crippen LogP contribution in [0, 0.1) is 0 Å². The summed E-state index contributed by atoms with van der Waals surface area (Å²) in [5.74, 6) is 0.733. The van der Waals surface area contributed by atoms with E-state index in [0.29, 0.717) is 6.54 Å². The van der Waals surface area contributed by atoms with Crippen LogP contribution in [-0.4, -0.2) is 19.1 Å². The summed E-state index contributed by atoms with van der Waals surface area (Å²) in [5.41, 5.74) is 0. The van der Waals surface area contributed by atoms with Gasteiger partial charge in [-0.15, -0.1) is 0 Å². The lowest BCUT2D eigenvalue weighted by Gasteiger charge is -2.04. The predicted octanol–water partition coefficient (Wildman–Crippen LogP) is 1.21. The highest BCUT2D eigenvalue weighted by Gasteiger charge is 2.10. The molecule has 0 saturated heterocycles. The lowest BCUT2D eigenvalue weighted by Crippen LogP contribution is -2.15. The van der Waals surface area contributed by atoms with Gasteiger partial charge in [-0.2, -0.15) is 0 Å². The molecule has 1 aliphatic rings. The molecule has 1 heterocycles. The van der Waals surface area contributed by atoms with Gasteiger partial charge in [0.25, 0.3) is 0 Å². The van der Waals surface area contributed by atoms with E-state index in [1.54, 1.807) is 0 Å². The van der Waals surface area contributed by atoms with Crippen molar-refractivity contribution in [3.63, 3.8) is 0 Å². The molecule has 1 aliphatic heterocycles. The third-order valence-corrected chi connectivity index (χ3v) is 1.76. The Labute approximate surface area is 72.8 Å². The van der Waals surface area contributed by atoms with Crippen molar-refractivity contribution in [1.82, 2.24) is 5.32 Å². The molecular formula is C9H15NO2. The summed E-state index contributed by atoms with van der Waals surface area (Å²) < 4.78 is 5.35. The van der Waals surface area contributed by atoms with Crippen LogP contribution in [0.25, 0.3) is 0 Å². The quantitative estimate of drug-likeness (QED) is 0.628. The Hall–Kier alpha value is -0.990. The van der Waals surface area contributed by atoms with E-state index in [0.717, 1.165) is 18.8 Å². The van der Waals surface area contributed by atoms with E-state index >= 15 is 0 Å². The van der Waals surface area contributed by atoms with Crippen LogP contribution in [0.3, 0.4) is 0 Å². The monoisotopic (exact) mass is 169 g/mol. The van der Waals surface area contributed by atoms with Crippen LogP contribution in [-0.2, 0) is 9.53 Å². The summed E-state index contributed by atoms with van der Waals surface area (Å²) in [6.45, 7) is 3.44. The maximum Gasteiger partial charge on any atom is 0.247 e. The number of unbranched alkanes of at least 4 members (excludes halogenated alkanes) is 2. The van der Waals surface area contributed by atoms with Gasteiger partial charge >= 0.3 is 0 Å². The summed E-state index contributed by atoms with van der Waals surface area (Å²) >= 11 is 0. The van der Waals surface area contributed by atoms with E-state index < -0.39 is 0 Å². The standard InChI is InChI=1S/C9H15NO2/c1-2-3-4-5-12-8-6-9(11)10-7-8/h6H,2-5,7H2,1H3,(H,10,11). The van der Waals surface area contributed by atoms with Gasteiger partial charge in [-0.3, -0.25) is 4.79 Å². The van der Waals surface area contributed by atoms with Crippen LogP contribution in [0.4, 0.5) is 0 Å². The summed E-state index contributed by atoms with van der Waals surface area (Å²) in [5, 5.41) is 2.65. The second-order valence-corrected chi connectivity index (χ2v) is 2.88. The van der Waals surface area contributed by atoms with Gasteiger partial charge in [0.2, 0.25) is 5.91 Å². The van der Waals surface area contributed by atoms with E-state index in [1.807, 2.05) is 0 Å². The molecule has 0 fully saturated rings. The van der Waals surface area contributed by atoms with Gasteiger partial charge in [-0.1, -0.05) is 19.8 Å². The highest BCUT2D eigenvalue weighted by Crippen LogP contribution is 2.04. The third kappa shape index (κ3) is 2.95. The van der Waals surface area contributed by atoms with Crippen molar-refractivity contribution in [2.75, 3.05) is 13.2 Å². The molecular weight excluding hydrogens is 154 g/mol. The topological polar surface area (TPSA) is 38.3 Å². The lowest BCUT2D eigenvalue weighted by molar-refractivity contribution is -0.115. The van der Waals surface area contributed by atoms with Crippen molar-refractivity contribution in [2.45, 2.75) is 26.2 Å². The predicted molar refractivity (Wildman–Crippen MR) is 46.6 cm³/mol. The van der Waals surface area contributed by atoms with Gasteiger partial charge in [0.15, 0.2) is 0 Å².